The highest BCUT2D eigenvalue weighted by Gasteiger charge is 2.25. The Balaban J connectivity index is 1.76. The predicted octanol–water partition coefficient (Wildman–Crippen LogP) is 0.843. The largest absolute Gasteiger partial charge is 0.368 e. The summed E-state index contributed by atoms with van der Waals surface area (Å²) in [6.45, 7) is 1.86. The molecule has 92 valence electrons. The number of nitrogens with zero attached hydrogens (tertiary/aromatic N) is 5. The predicted molar refractivity (Wildman–Crippen MR) is 68.0 cm³/mol. The van der Waals surface area contributed by atoms with Crippen molar-refractivity contribution in [3.05, 3.63) is 36.5 Å². The zero-order valence-electron chi connectivity index (χ0n) is 9.90. The van der Waals surface area contributed by atoms with Gasteiger partial charge in [-0.25, -0.2) is 15.0 Å². The van der Waals surface area contributed by atoms with Crippen molar-refractivity contribution in [3.8, 4) is 0 Å². The van der Waals surface area contributed by atoms with Gasteiger partial charge in [-0.1, -0.05) is 0 Å². The number of nitrogens with two attached hydrogens (primary N) is 1. The Bertz CT molecular complexity index is 529. The molecular formula is C12H14N6. The number of anilines is 2. The molecule has 6 nitrogen and oxygen atoms in total. The summed E-state index contributed by atoms with van der Waals surface area (Å²) >= 11 is 0. The van der Waals surface area contributed by atoms with Gasteiger partial charge in [-0.2, -0.15) is 0 Å². The Hall–Kier alpha value is -2.24. The van der Waals surface area contributed by atoms with Crippen molar-refractivity contribution in [2.24, 2.45) is 0 Å². The third kappa shape index (κ3) is 2.09. The molecule has 0 unspecified atom stereocenters. The van der Waals surface area contributed by atoms with Crippen LogP contribution in [0.15, 0.2) is 30.9 Å². The zero-order chi connectivity index (χ0) is 12.4. The van der Waals surface area contributed by atoms with Gasteiger partial charge in [0.2, 0.25) is 5.95 Å². The van der Waals surface area contributed by atoms with E-state index in [0.29, 0.717) is 11.9 Å². The van der Waals surface area contributed by atoms with E-state index in [-0.39, 0.29) is 0 Å². The lowest BCUT2D eigenvalue weighted by Crippen LogP contribution is -2.20. The summed E-state index contributed by atoms with van der Waals surface area (Å²) in [6.07, 6.45) is 7.94. The fourth-order valence-electron chi connectivity index (χ4n) is 2.28. The van der Waals surface area contributed by atoms with Crippen molar-refractivity contribution in [2.75, 3.05) is 23.7 Å². The summed E-state index contributed by atoms with van der Waals surface area (Å²) in [5.41, 5.74) is 6.62. The zero-order valence-corrected chi connectivity index (χ0v) is 9.90. The molecule has 1 atom stereocenters. The Morgan fingerprint density at radius 3 is 2.94 bits per heavy atom. The highest BCUT2D eigenvalue weighted by molar-refractivity contribution is 5.38. The number of hydrogen-bond acceptors (Lipinski definition) is 6. The van der Waals surface area contributed by atoms with Crippen LogP contribution in [-0.2, 0) is 0 Å². The number of nitrogen functional groups attached to an aromatic ring is 1. The maximum Gasteiger partial charge on any atom is 0.220 e. The molecular weight excluding hydrogens is 228 g/mol. The number of aromatic nitrogens is 4. The molecule has 0 aromatic carbocycles. The Kier molecular flexibility index (Phi) is 2.76. The first-order valence-electron chi connectivity index (χ1n) is 5.92. The van der Waals surface area contributed by atoms with E-state index in [1.807, 2.05) is 6.07 Å². The van der Waals surface area contributed by atoms with E-state index in [1.165, 1.54) is 0 Å². The molecule has 3 rings (SSSR count). The first-order valence-corrected chi connectivity index (χ1v) is 5.92. The molecule has 2 N–H and O–H groups in total. The molecule has 18 heavy (non-hydrogen) atoms. The lowest BCUT2D eigenvalue weighted by molar-refractivity contribution is 0.741. The summed E-state index contributed by atoms with van der Waals surface area (Å²) in [4.78, 5) is 18.8. The Morgan fingerprint density at radius 2 is 2.17 bits per heavy atom. The van der Waals surface area contributed by atoms with Gasteiger partial charge >= 0.3 is 0 Å². The fourth-order valence-corrected chi connectivity index (χ4v) is 2.28. The van der Waals surface area contributed by atoms with Gasteiger partial charge in [-0.05, 0) is 12.5 Å². The lowest BCUT2D eigenvalue weighted by atomic mass is 10.1. The summed E-state index contributed by atoms with van der Waals surface area (Å²) < 4.78 is 0. The Labute approximate surface area is 105 Å². The van der Waals surface area contributed by atoms with Gasteiger partial charge in [0.05, 0.1) is 11.9 Å². The lowest BCUT2D eigenvalue weighted by Gasteiger charge is -2.16. The molecule has 0 spiro atoms. The van der Waals surface area contributed by atoms with Gasteiger partial charge in [-0.15, -0.1) is 0 Å². The minimum atomic E-state index is 0.338. The first kappa shape index (κ1) is 10.9. The topological polar surface area (TPSA) is 80.8 Å². The highest BCUT2D eigenvalue weighted by atomic mass is 15.2. The standard InChI is InChI=1S/C12H14N6/c13-12-16-3-1-10(17-12)9-2-6-18(8-9)11-7-14-4-5-15-11/h1,3-5,7,9H,2,6,8H2,(H2,13,16,17)/t9-/m0/s1. The Morgan fingerprint density at radius 1 is 1.22 bits per heavy atom. The molecule has 1 fully saturated rings. The van der Waals surface area contributed by atoms with Crippen LogP contribution in [0.3, 0.4) is 0 Å². The van der Waals surface area contributed by atoms with Crippen molar-refractivity contribution < 1.29 is 0 Å². The molecule has 0 amide bonds. The van der Waals surface area contributed by atoms with E-state index in [4.69, 9.17) is 5.73 Å². The third-order valence-electron chi connectivity index (χ3n) is 3.18. The van der Waals surface area contributed by atoms with Gasteiger partial charge in [0.15, 0.2) is 0 Å². The van der Waals surface area contributed by atoms with Crippen LogP contribution in [0.1, 0.15) is 18.0 Å². The van der Waals surface area contributed by atoms with Crippen molar-refractivity contribution in [1.82, 2.24) is 19.9 Å². The number of hydrogen-bond donors (Lipinski definition) is 1. The van der Waals surface area contributed by atoms with Crippen LogP contribution in [-0.4, -0.2) is 33.0 Å². The maximum absolute atomic E-state index is 5.61. The quantitative estimate of drug-likeness (QED) is 0.840. The van der Waals surface area contributed by atoms with Crippen molar-refractivity contribution in [2.45, 2.75) is 12.3 Å². The minimum Gasteiger partial charge on any atom is -0.368 e. The van der Waals surface area contributed by atoms with E-state index < -0.39 is 0 Å². The molecule has 0 saturated carbocycles. The normalized spacial score (nSPS) is 19.1. The average molecular weight is 242 g/mol. The summed E-state index contributed by atoms with van der Waals surface area (Å²) in [7, 11) is 0. The fraction of sp³-hybridized carbons (Fsp3) is 0.333. The van der Waals surface area contributed by atoms with Crippen molar-refractivity contribution in [1.29, 1.82) is 0 Å². The van der Waals surface area contributed by atoms with E-state index in [2.05, 4.69) is 24.8 Å². The van der Waals surface area contributed by atoms with Gasteiger partial charge < -0.3 is 10.6 Å². The second kappa shape index (κ2) is 4.56. The molecule has 1 aliphatic heterocycles. The van der Waals surface area contributed by atoms with Crippen LogP contribution in [0.4, 0.5) is 11.8 Å². The van der Waals surface area contributed by atoms with Gasteiger partial charge in [0.25, 0.3) is 0 Å². The minimum absolute atomic E-state index is 0.338. The molecule has 0 radical (unpaired) electrons. The monoisotopic (exact) mass is 242 g/mol. The van der Waals surface area contributed by atoms with Gasteiger partial charge in [-0.3, -0.25) is 4.98 Å². The smallest absolute Gasteiger partial charge is 0.220 e. The molecule has 2 aromatic heterocycles. The molecule has 6 heteroatoms. The molecule has 2 aromatic rings. The van der Waals surface area contributed by atoms with Crippen LogP contribution in [0.5, 0.6) is 0 Å². The van der Waals surface area contributed by atoms with Crippen LogP contribution < -0.4 is 10.6 Å². The van der Waals surface area contributed by atoms with Crippen LogP contribution in [0, 0.1) is 0 Å². The second-order valence-electron chi connectivity index (χ2n) is 4.33. The molecule has 1 saturated heterocycles. The van der Waals surface area contributed by atoms with Crippen LogP contribution in [0.25, 0.3) is 0 Å². The highest BCUT2D eigenvalue weighted by Crippen LogP contribution is 2.28. The van der Waals surface area contributed by atoms with Crippen molar-refractivity contribution >= 4 is 11.8 Å². The molecule has 1 aliphatic rings. The van der Waals surface area contributed by atoms with E-state index >= 15 is 0 Å². The van der Waals surface area contributed by atoms with Gasteiger partial charge in [0, 0.05) is 37.6 Å². The maximum atomic E-state index is 5.61. The first-order chi connectivity index (χ1) is 8.83. The van der Waals surface area contributed by atoms with Crippen molar-refractivity contribution in [3.63, 3.8) is 0 Å². The average Bonchev–Trinajstić information content (AvgIpc) is 2.89. The van der Waals surface area contributed by atoms with Gasteiger partial charge in [0.1, 0.15) is 5.82 Å². The van der Waals surface area contributed by atoms with Crippen LogP contribution in [0.2, 0.25) is 0 Å². The summed E-state index contributed by atoms with van der Waals surface area (Å²) in [5.74, 6) is 1.64. The van der Waals surface area contributed by atoms with E-state index in [9.17, 15) is 0 Å². The summed E-state index contributed by atoms with van der Waals surface area (Å²) in [5, 5.41) is 0. The second-order valence-corrected chi connectivity index (χ2v) is 4.33. The summed E-state index contributed by atoms with van der Waals surface area (Å²) in [6, 6.07) is 1.93. The van der Waals surface area contributed by atoms with Crippen LogP contribution >= 0.6 is 0 Å². The van der Waals surface area contributed by atoms with E-state index in [1.54, 1.807) is 24.8 Å². The SMILES string of the molecule is Nc1nccc([C@H]2CCN(c3cnccn3)C2)n1. The molecule has 3 heterocycles. The molecule has 0 aliphatic carbocycles. The molecule has 0 bridgehead atoms. The van der Waals surface area contributed by atoms with E-state index in [0.717, 1.165) is 31.0 Å². The third-order valence-corrected chi connectivity index (χ3v) is 3.18. The number of rotatable bonds is 2.